The van der Waals surface area contributed by atoms with Crippen molar-refractivity contribution in [2.45, 2.75) is 6.54 Å². The van der Waals surface area contributed by atoms with E-state index in [4.69, 9.17) is 33.7 Å². The third-order valence-corrected chi connectivity index (χ3v) is 5.57. The summed E-state index contributed by atoms with van der Waals surface area (Å²) in [5.74, 6) is 0.347. The fourth-order valence-corrected chi connectivity index (χ4v) is 3.80. The van der Waals surface area contributed by atoms with Gasteiger partial charge in [0.05, 0.1) is 15.7 Å². The van der Waals surface area contributed by atoms with Crippen LogP contribution in [0.2, 0.25) is 10.0 Å². The number of amides is 1. The van der Waals surface area contributed by atoms with E-state index < -0.39 is 11.7 Å². The Bertz CT molecular complexity index is 1290. The van der Waals surface area contributed by atoms with E-state index in [1.54, 1.807) is 42.5 Å². The van der Waals surface area contributed by atoms with Gasteiger partial charge in [0.2, 0.25) is 5.82 Å². The van der Waals surface area contributed by atoms with E-state index in [0.717, 1.165) is 5.56 Å². The van der Waals surface area contributed by atoms with Crippen LogP contribution in [0.4, 0.5) is 10.1 Å². The number of hydrogen-bond donors (Lipinski definition) is 3. The highest BCUT2D eigenvalue weighted by molar-refractivity contribution is 9.10. The smallest absolute Gasteiger partial charge is 0.288 e. The molecule has 168 valence electrons. The van der Waals surface area contributed by atoms with Gasteiger partial charge in [-0.15, -0.1) is 0 Å². The summed E-state index contributed by atoms with van der Waals surface area (Å²) in [6.07, 6.45) is 0. The molecule has 0 saturated carbocycles. The van der Waals surface area contributed by atoms with Crippen molar-refractivity contribution in [3.63, 3.8) is 0 Å². The summed E-state index contributed by atoms with van der Waals surface area (Å²) < 4.78 is 19.7. The summed E-state index contributed by atoms with van der Waals surface area (Å²) in [6, 6.07) is 14.5. The van der Waals surface area contributed by atoms with Crippen LogP contribution >= 0.6 is 39.1 Å². The van der Waals surface area contributed by atoms with Crippen LogP contribution in [0.5, 0.6) is 11.5 Å². The van der Waals surface area contributed by atoms with Gasteiger partial charge >= 0.3 is 0 Å². The van der Waals surface area contributed by atoms with Crippen molar-refractivity contribution in [1.29, 1.82) is 0 Å². The van der Waals surface area contributed by atoms with Crippen LogP contribution in [0.15, 0.2) is 59.1 Å². The van der Waals surface area contributed by atoms with Gasteiger partial charge in [-0.05, 0) is 42.0 Å². The van der Waals surface area contributed by atoms with E-state index in [0.29, 0.717) is 21.5 Å². The summed E-state index contributed by atoms with van der Waals surface area (Å²) >= 11 is 15.3. The molecule has 4 N–H and O–H groups in total. The summed E-state index contributed by atoms with van der Waals surface area (Å²) in [5, 5.41) is 9.92. The normalized spacial score (nSPS) is 10.8. The molecule has 0 unspecified atom stereocenters. The Hall–Kier alpha value is -3.14. The van der Waals surface area contributed by atoms with Gasteiger partial charge in [-0.1, -0.05) is 51.3 Å². The van der Waals surface area contributed by atoms with Gasteiger partial charge in [-0.3, -0.25) is 9.89 Å². The second-order valence-electron chi connectivity index (χ2n) is 6.90. The number of benzene rings is 3. The Kier molecular flexibility index (Phi) is 6.83. The van der Waals surface area contributed by atoms with Gasteiger partial charge in [0.15, 0.2) is 5.82 Å². The molecule has 11 heteroatoms. The molecule has 4 aromatic rings. The van der Waals surface area contributed by atoms with E-state index >= 15 is 0 Å². The maximum atomic E-state index is 13.5. The Morgan fingerprint density at radius 3 is 2.45 bits per heavy atom. The third kappa shape index (κ3) is 5.62. The topological polar surface area (TPSA) is 106 Å². The van der Waals surface area contributed by atoms with Crippen LogP contribution < -0.4 is 15.8 Å². The number of ether oxygens (including phenoxy) is 1. The van der Waals surface area contributed by atoms with Crippen molar-refractivity contribution in [3.05, 3.63) is 86.3 Å². The number of nitrogen functional groups attached to an aromatic ring is 1. The molecule has 0 spiro atoms. The third-order valence-electron chi connectivity index (χ3n) is 4.49. The van der Waals surface area contributed by atoms with Gasteiger partial charge in [-0.25, -0.2) is 9.37 Å². The van der Waals surface area contributed by atoms with E-state index in [2.05, 4.69) is 36.4 Å². The molecule has 0 radical (unpaired) electrons. The highest BCUT2D eigenvalue weighted by Gasteiger charge is 2.15. The number of rotatable bonds is 6. The average molecular weight is 551 g/mol. The first-order valence-corrected chi connectivity index (χ1v) is 11.0. The van der Waals surface area contributed by atoms with Crippen molar-refractivity contribution in [2.75, 3.05) is 5.73 Å². The number of anilines is 1. The van der Waals surface area contributed by atoms with Crippen LogP contribution in [0, 0.1) is 5.82 Å². The van der Waals surface area contributed by atoms with Crippen molar-refractivity contribution in [3.8, 4) is 22.9 Å². The zero-order valence-corrected chi connectivity index (χ0v) is 19.8. The van der Waals surface area contributed by atoms with E-state index in [1.807, 2.05) is 0 Å². The van der Waals surface area contributed by atoms with Gasteiger partial charge in [-0.2, -0.15) is 5.10 Å². The maximum absolute atomic E-state index is 13.5. The lowest BCUT2D eigenvalue weighted by atomic mass is 10.2. The Morgan fingerprint density at radius 1 is 1.09 bits per heavy atom. The lowest BCUT2D eigenvalue weighted by Gasteiger charge is -2.08. The molecule has 0 saturated heterocycles. The molecule has 1 amide bonds. The van der Waals surface area contributed by atoms with Gasteiger partial charge in [0.1, 0.15) is 17.3 Å². The molecule has 0 bridgehead atoms. The first-order valence-electron chi connectivity index (χ1n) is 9.47. The van der Waals surface area contributed by atoms with Crippen LogP contribution in [-0.2, 0) is 6.54 Å². The number of carbonyl (C=O) groups excluding carboxylic acids is 1. The number of nitrogens with one attached hydrogen (secondary N) is 2. The standard InChI is InChI=1S/C22H15BrCl2FN5O2/c23-13-7-14(26)9-16(8-13)33-15-3-1-11(2-4-15)10-28-22(32)21-29-20(30-31-21)12-5-17(24)19(27)18(25)6-12/h1-9H,10,27H2,(H,28,32)(H,29,30,31). The molecule has 0 aliphatic rings. The van der Waals surface area contributed by atoms with Crippen molar-refractivity contribution in [1.82, 2.24) is 20.5 Å². The predicted molar refractivity (Wildman–Crippen MR) is 128 cm³/mol. The van der Waals surface area contributed by atoms with Crippen LogP contribution in [0.3, 0.4) is 0 Å². The molecule has 3 aromatic carbocycles. The average Bonchev–Trinajstić information content (AvgIpc) is 3.26. The minimum Gasteiger partial charge on any atom is -0.457 e. The van der Waals surface area contributed by atoms with Crippen molar-refractivity contribution in [2.24, 2.45) is 0 Å². The maximum Gasteiger partial charge on any atom is 0.288 e. The predicted octanol–water partition coefficient (Wildman–Crippen LogP) is 5.98. The van der Waals surface area contributed by atoms with Crippen LogP contribution in [0.25, 0.3) is 11.4 Å². The lowest BCUT2D eigenvalue weighted by molar-refractivity contribution is 0.0941. The summed E-state index contributed by atoms with van der Waals surface area (Å²) in [6.45, 7) is 0.250. The molecule has 0 aliphatic carbocycles. The molecule has 1 heterocycles. The number of halogens is 4. The molecule has 1 aromatic heterocycles. The Morgan fingerprint density at radius 2 is 1.79 bits per heavy atom. The summed E-state index contributed by atoms with van der Waals surface area (Å²) in [5.41, 5.74) is 7.35. The molecule has 33 heavy (non-hydrogen) atoms. The zero-order chi connectivity index (χ0) is 23.5. The SMILES string of the molecule is Nc1c(Cl)cc(-c2n[nH]c(C(=O)NCc3ccc(Oc4cc(F)cc(Br)c4)cc3)n2)cc1Cl. The molecular formula is C22H15BrCl2FN5O2. The van der Waals surface area contributed by atoms with E-state index in [1.165, 1.54) is 12.1 Å². The molecule has 7 nitrogen and oxygen atoms in total. The second kappa shape index (κ2) is 9.78. The first-order chi connectivity index (χ1) is 15.8. The van der Waals surface area contributed by atoms with Crippen LogP contribution in [0.1, 0.15) is 16.2 Å². The van der Waals surface area contributed by atoms with Gasteiger partial charge in [0.25, 0.3) is 5.91 Å². The zero-order valence-electron chi connectivity index (χ0n) is 16.7. The number of nitrogens with zero attached hydrogens (tertiary/aromatic N) is 2. The number of hydrogen-bond acceptors (Lipinski definition) is 5. The Labute approximate surface area is 206 Å². The molecule has 0 atom stereocenters. The molecular weight excluding hydrogens is 536 g/mol. The number of aromatic amines is 1. The minimum absolute atomic E-state index is 0.0331. The Balaban J connectivity index is 1.37. The number of aromatic nitrogens is 3. The van der Waals surface area contributed by atoms with E-state index in [-0.39, 0.29) is 33.9 Å². The van der Waals surface area contributed by atoms with Gasteiger partial charge in [0, 0.05) is 22.6 Å². The highest BCUT2D eigenvalue weighted by Crippen LogP contribution is 2.32. The summed E-state index contributed by atoms with van der Waals surface area (Å²) in [7, 11) is 0. The van der Waals surface area contributed by atoms with Gasteiger partial charge < -0.3 is 15.8 Å². The van der Waals surface area contributed by atoms with Crippen LogP contribution in [-0.4, -0.2) is 21.1 Å². The number of H-pyrrole nitrogens is 1. The van der Waals surface area contributed by atoms with Crippen molar-refractivity contribution < 1.29 is 13.9 Å². The first kappa shape index (κ1) is 23.0. The summed E-state index contributed by atoms with van der Waals surface area (Å²) in [4.78, 5) is 16.6. The molecule has 4 rings (SSSR count). The fourth-order valence-electron chi connectivity index (χ4n) is 2.87. The number of carbonyl (C=O) groups is 1. The van der Waals surface area contributed by atoms with E-state index in [9.17, 15) is 9.18 Å². The minimum atomic E-state index is -0.439. The monoisotopic (exact) mass is 549 g/mol. The fraction of sp³-hybridized carbons (Fsp3) is 0.0455. The molecule has 0 fully saturated rings. The van der Waals surface area contributed by atoms with Crippen molar-refractivity contribution >= 4 is 50.7 Å². The quantitative estimate of drug-likeness (QED) is 0.256. The lowest BCUT2D eigenvalue weighted by Crippen LogP contribution is -2.24. The highest BCUT2D eigenvalue weighted by atomic mass is 79.9. The molecule has 0 aliphatic heterocycles. The second-order valence-corrected chi connectivity index (χ2v) is 8.63. The largest absolute Gasteiger partial charge is 0.457 e. The number of nitrogens with two attached hydrogens (primary N) is 1.